The molecule has 0 radical (unpaired) electrons. The molecule has 0 aliphatic carbocycles. The lowest BCUT2D eigenvalue weighted by Crippen LogP contribution is -2.35. The molecule has 1 aromatic carbocycles. The van der Waals surface area contributed by atoms with Gasteiger partial charge in [-0.25, -0.2) is 0 Å². The largest absolute Gasteiger partial charge is 0.508 e. The Balaban J connectivity index is 1.86. The molecule has 0 bridgehead atoms. The average Bonchev–Trinajstić information content (AvgIpc) is 2.83. The molecule has 0 saturated heterocycles. The van der Waals surface area contributed by atoms with E-state index in [2.05, 4.69) is 0 Å². The summed E-state index contributed by atoms with van der Waals surface area (Å²) in [6.45, 7) is 1.11. The normalized spacial score (nSPS) is 14.3. The molecule has 1 amide bonds. The number of aromatic hydroxyl groups is 1. The number of phenols is 1. The maximum Gasteiger partial charge on any atom is 0.259 e. The molecule has 0 fully saturated rings. The number of furan rings is 1. The third-order valence-electron chi connectivity index (χ3n) is 3.34. The van der Waals surface area contributed by atoms with Crippen molar-refractivity contribution in [2.24, 2.45) is 0 Å². The summed E-state index contributed by atoms with van der Waals surface area (Å²) in [5, 5.41) is 9.62. The highest BCUT2D eigenvalue weighted by Crippen LogP contribution is 2.26. The van der Waals surface area contributed by atoms with E-state index in [1.807, 2.05) is 6.07 Å². The van der Waals surface area contributed by atoms with Gasteiger partial charge in [-0.3, -0.25) is 4.79 Å². The Morgan fingerprint density at radius 2 is 2.16 bits per heavy atom. The van der Waals surface area contributed by atoms with Crippen molar-refractivity contribution < 1.29 is 14.3 Å². The Labute approximate surface area is 115 Å². The third kappa shape index (κ3) is 2.19. The van der Waals surface area contributed by atoms with Crippen LogP contribution in [0.2, 0.25) is 5.22 Å². The number of amides is 1. The van der Waals surface area contributed by atoms with Crippen LogP contribution in [0.4, 0.5) is 0 Å². The molecule has 0 atom stereocenters. The molecule has 98 valence electrons. The summed E-state index contributed by atoms with van der Waals surface area (Å²) in [4.78, 5) is 14.0. The van der Waals surface area contributed by atoms with Crippen molar-refractivity contribution in [3.05, 3.63) is 52.4 Å². The van der Waals surface area contributed by atoms with E-state index >= 15 is 0 Å². The number of hydrogen-bond acceptors (Lipinski definition) is 3. The Bertz CT molecular complexity index is 635. The molecule has 1 aliphatic heterocycles. The molecular weight excluding hydrogens is 266 g/mol. The Kier molecular flexibility index (Phi) is 2.95. The van der Waals surface area contributed by atoms with Crippen LogP contribution in [-0.4, -0.2) is 22.5 Å². The SMILES string of the molecule is O=C(c1ccoc1Cl)N1CCc2ccc(O)cc2C1. The molecule has 1 aliphatic rings. The summed E-state index contributed by atoms with van der Waals surface area (Å²) >= 11 is 5.83. The number of halogens is 1. The minimum absolute atomic E-state index is 0.117. The molecule has 3 rings (SSSR count). The lowest BCUT2D eigenvalue weighted by atomic mass is 9.99. The highest BCUT2D eigenvalue weighted by Gasteiger charge is 2.24. The van der Waals surface area contributed by atoms with Crippen LogP contribution in [0.3, 0.4) is 0 Å². The zero-order valence-corrected chi connectivity index (χ0v) is 10.9. The van der Waals surface area contributed by atoms with Crippen LogP contribution in [0.5, 0.6) is 5.75 Å². The van der Waals surface area contributed by atoms with Gasteiger partial charge in [0.2, 0.25) is 5.22 Å². The third-order valence-corrected chi connectivity index (χ3v) is 3.63. The van der Waals surface area contributed by atoms with Crippen LogP contribution in [0.1, 0.15) is 21.5 Å². The van der Waals surface area contributed by atoms with Gasteiger partial charge in [0.05, 0.1) is 11.8 Å². The van der Waals surface area contributed by atoms with Gasteiger partial charge in [0.25, 0.3) is 5.91 Å². The average molecular weight is 278 g/mol. The van der Waals surface area contributed by atoms with E-state index in [-0.39, 0.29) is 16.9 Å². The molecule has 0 unspecified atom stereocenters. The quantitative estimate of drug-likeness (QED) is 0.872. The minimum atomic E-state index is -0.146. The fraction of sp³-hybridized carbons (Fsp3) is 0.214. The second-order valence-corrected chi connectivity index (χ2v) is 4.88. The van der Waals surface area contributed by atoms with Crippen molar-refractivity contribution in [3.63, 3.8) is 0 Å². The first kappa shape index (κ1) is 12.1. The molecule has 0 saturated carbocycles. The Morgan fingerprint density at radius 3 is 2.89 bits per heavy atom. The van der Waals surface area contributed by atoms with Gasteiger partial charge in [-0.05, 0) is 47.3 Å². The number of phenolic OH excluding ortho intramolecular Hbond substituents is 1. The zero-order valence-electron chi connectivity index (χ0n) is 10.1. The molecule has 1 N–H and O–H groups in total. The van der Waals surface area contributed by atoms with Crippen molar-refractivity contribution in [1.29, 1.82) is 0 Å². The number of benzene rings is 1. The molecular formula is C14H12ClNO3. The summed E-state index contributed by atoms with van der Waals surface area (Å²) in [6.07, 6.45) is 2.18. The lowest BCUT2D eigenvalue weighted by molar-refractivity contribution is 0.0734. The first-order chi connectivity index (χ1) is 9.15. The van der Waals surface area contributed by atoms with E-state index in [1.165, 1.54) is 11.8 Å². The summed E-state index contributed by atoms with van der Waals surface area (Å²) in [6, 6.07) is 6.84. The maximum atomic E-state index is 12.3. The maximum absolute atomic E-state index is 12.3. The van der Waals surface area contributed by atoms with Crippen molar-refractivity contribution >= 4 is 17.5 Å². The van der Waals surface area contributed by atoms with Gasteiger partial charge in [-0.15, -0.1) is 0 Å². The van der Waals surface area contributed by atoms with Gasteiger partial charge in [0.15, 0.2) is 0 Å². The predicted octanol–water partition coefficient (Wildman–Crippen LogP) is 2.84. The fourth-order valence-electron chi connectivity index (χ4n) is 2.33. The molecule has 0 spiro atoms. The highest BCUT2D eigenvalue weighted by atomic mass is 35.5. The van der Waals surface area contributed by atoms with Gasteiger partial charge in [-0.2, -0.15) is 0 Å². The number of carbonyl (C=O) groups excluding carboxylic acids is 1. The number of hydrogen-bond donors (Lipinski definition) is 1. The van der Waals surface area contributed by atoms with Crippen LogP contribution in [0.25, 0.3) is 0 Å². The number of rotatable bonds is 1. The van der Waals surface area contributed by atoms with Crippen molar-refractivity contribution in [1.82, 2.24) is 4.90 Å². The monoisotopic (exact) mass is 277 g/mol. The summed E-state index contributed by atoms with van der Waals surface area (Å²) in [7, 11) is 0. The van der Waals surface area contributed by atoms with E-state index in [9.17, 15) is 9.90 Å². The number of fused-ring (bicyclic) bond motifs is 1. The van der Waals surface area contributed by atoms with Gasteiger partial charge < -0.3 is 14.4 Å². The van der Waals surface area contributed by atoms with Crippen molar-refractivity contribution in [2.75, 3.05) is 6.54 Å². The molecule has 4 nitrogen and oxygen atoms in total. The Morgan fingerprint density at radius 1 is 1.32 bits per heavy atom. The molecule has 1 aromatic heterocycles. The van der Waals surface area contributed by atoms with E-state index < -0.39 is 0 Å². The topological polar surface area (TPSA) is 53.7 Å². The first-order valence-corrected chi connectivity index (χ1v) is 6.36. The first-order valence-electron chi connectivity index (χ1n) is 5.98. The van der Waals surface area contributed by atoms with Gasteiger partial charge in [-0.1, -0.05) is 6.07 Å². The minimum Gasteiger partial charge on any atom is -0.508 e. The zero-order chi connectivity index (χ0) is 13.4. The van der Waals surface area contributed by atoms with E-state index in [0.29, 0.717) is 18.7 Å². The van der Waals surface area contributed by atoms with Crippen LogP contribution >= 0.6 is 11.6 Å². The summed E-state index contributed by atoms with van der Waals surface area (Å²) in [5.41, 5.74) is 2.52. The smallest absolute Gasteiger partial charge is 0.259 e. The molecule has 2 heterocycles. The van der Waals surface area contributed by atoms with Crippen LogP contribution in [-0.2, 0) is 13.0 Å². The lowest BCUT2D eigenvalue weighted by Gasteiger charge is -2.28. The predicted molar refractivity (Wildman–Crippen MR) is 70.3 cm³/mol. The van der Waals surface area contributed by atoms with E-state index in [4.69, 9.17) is 16.0 Å². The molecule has 19 heavy (non-hydrogen) atoms. The van der Waals surface area contributed by atoms with Crippen molar-refractivity contribution in [2.45, 2.75) is 13.0 Å². The molecule has 2 aromatic rings. The summed E-state index contributed by atoms with van der Waals surface area (Å²) < 4.78 is 4.94. The van der Waals surface area contributed by atoms with Gasteiger partial charge >= 0.3 is 0 Å². The Hall–Kier alpha value is -1.94. The van der Waals surface area contributed by atoms with Crippen LogP contribution in [0.15, 0.2) is 34.9 Å². The standard InChI is InChI=1S/C14H12ClNO3/c15-13-12(4-6-19-13)14(18)16-5-3-9-1-2-11(17)7-10(9)8-16/h1-2,4,6-7,17H,3,5,8H2. The summed E-state index contributed by atoms with van der Waals surface area (Å²) in [5.74, 6) is 0.0714. The van der Waals surface area contributed by atoms with E-state index in [0.717, 1.165) is 12.0 Å². The van der Waals surface area contributed by atoms with Crippen LogP contribution in [0, 0.1) is 0 Å². The molecule has 5 heteroatoms. The number of carbonyl (C=O) groups is 1. The second kappa shape index (κ2) is 4.63. The van der Waals surface area contributed by atoms with Crippen molar-refractivity contribution in [3.8, 4) is 5.75 Å². The van der Waals surface area contributed by atoms with E-state index in [1.54, 1.807) is 23.1 Å². The van der Waals surface area contributed by atoms with Crippen LogP contribution < -0.4 is 0 Å². The number of nitrogens with zero attached hydrogens (tertiary/aromatic N) is 1. The van der Waals surface area contributed by atoms with Gasteiger partial charge in [0.1, 0.15) is 5.75 Å². The second-order valence-electron chi connectivity index (χ2n) is 4.54. The fourth-order valence-corrected chi connectivity index (χ4v) is 2.53. The van der Waals surface area contributed by atoms with Gasteiger partial charge in [0, 0.05) is 13.1 Å². The highest BCUT2D eigenvalue weighted by molar-refractivity contribution is 6.32.